The first-order chi connectivity index (χ1) is 14.7. The Labute approximate surface area is 180 Å². The van der Waals surface area contributed by atoms with Crippen LogP contribution in [0.15, 0.2) is 35.5 Å². The van der Waals surface area contributed by atoms with Crippen molar-refractivity contribution in [2.24, 2.45) is 13.0 Å². The summed E-state index contributed by atoms with van der Waals surface area (Å²) in [7, 11) is -1.95. The van der Waals surface area contributed by atoms with E-state index >= 15 is 0 Å². The van der Waals surface area contributed by atoms with Gasteiger partial charge in [0, 0.05) is 45.3 Å². The number of carbonyl (C=O) groups is 2. The molecule has 168 valence electrons. The quantitative estimate of drug-likeness (QED) is 0.605. The van der Waals surface area contributed by atoms with E-state index in [2.05, 4.69) is 15.6 Å². The Bertz CT molecular complexity index is 1040. The average molecular weight is 452 g/mol. The van der Waals surface area contributed by atoms with Gasteiger partial charge in [-0.05, 0) is 31.9 Å². The van der Waals surface area contributed by atoms with Crippen LogP contribution in [0.1, 0.15) is 29.0 Å². The van der Waals surface area contributed by atoms with E-state index in [1.807, 2.05) is 0 Å². The standard InChI is InChI=1S/C20H26FN5O4S/c1-14-24-18(13-25(14)2)31(29,30)26-11-7-15(8-12-26)19(27)22-9-10-23-20(28)16-5-3-4-6-17(16)21/h3-6,13,15H,7-12H2,1-2H3,(H,22,27)(H,23,28). The number of imidazole rings is 1. The number of aryl methyl sites for hydroxylation is 2. The highest BCUT2D eigenvalue weighted by molar-refractivity contribution is 7.89. The van der Waals surface area contributed by atoms with E-state index in [-0.39, 0.29) is 48.6 Å². The number of hydrogen-bond acceptors (Lipinski definition) is 5. The van der Waals surface area contributed by atoms with Gasteiger partial charge >= 0.3 is 0 Å². The molecule has 31 heavy (non-hydrogen) atoms. The Morgan fingerprint density at radius 3 is 2.42 bits per heavy atom. The monoisotopic (exact) mass is 451 g/mol. The average Bonchev–Trinajstić information content (AvgIpc) is 3.10. The third-order valence-electron chi connectivity index (χ3n) is 5.34. The van der Waals surface area contributed by atoms with Gasteiger partial charge in [0.2, 0.25) is 5.91 Å². The summed E-state index contributed by atoms with van der Waals surface area (Å²) in [5, 5.41) is 5.31. The van der Waals surface area contributed by atoms with Gasteiger partial charge in [-0.2, -0.15) is 4.31 Å². The number of nitrogens with one attached hydrogen (secondary N) is 2. The van der Waals surface area contributed by atoms with Gasteiger partial charge in [0.15, 0.2) is 5.03 Å². The Morgan fingerprint density at radius 1 is 1.16 bits per heavy atom. The van der Waals surface area contributed by atoms with Crippen molar-refractivity contribution < 1.29 is 22.4 Å². The molecule has 1 aliphatic rings. The molecule has 1 aromatic heterocycles. The van der Waals surface area contributed by atoms with Gasteiger partial charge in [-0.1, -0.05) is 12.1 Å². The highest BCUT2D eigenvalue weighted by Gasteiger charge is 2.33. The number of sulfonamides is 1. The van der Waals surface area contributed by atoms with E-state index in [0.717, 1.165) is 0 Å². The number of nitrogens with zero attached hydrogens (tertiary/aromatic N) is 3. The van der Waals surface area contributed by atoms with Crippen molar-refractivity contribution in [2.45, 2.75) is 24.8 Å². The van der Waals surface area contributed by atoms with Crippen LogP contribution < -0.4 is 10.6 Å². The number of amides is 2. The fourth-order valence-electron chi connectivity index (χ4n) is 3.39. The molecule has 1 saturated heterocycles. The van der Waals surface area contributed by atoms with Crippen LogP contribution in [0.25, 0.3) is 0 Å². The summed E-state index contributed by atoms with van der Waals surface area (Å²) < 4.78 is 42.0. The first kappa shape index (κ1) is 22.9. The van der Waals surface area contributed by atoms with Crippen molar-refractivity contribution in [1.82, 2.24) is 24.5 Å². The zero-order chi connectivity index (χ0) is 22.6. The Morgan fingerprint density at radius 2 is 1.81 bits per heavy atom. The summed E-state index contributed by atoms with van der Waals surface area (Å²) in [4.78, 5) is 28.4. The lowest BCUT2D eigenvalue weighted by Gasteiger charge is -2.29. The maximum atomic E-state index is 13.6. The lowest BCUT2D eigenvalue weighted by Crippen LogP contribution is -2.44. The number of halogens is 1. The lowest BCUT2D eigenvalue weighted by atomic mass is 9.97. The van der Waals surface area contributed by atoms with E-state index < -0.39 is 21.7 Å². The molecule has 0 radical (unpaired) electrons. The molecular formula is C20H26FN5O4S. The zero-order valence-electron chi connectivity index (χ0n) is 17.5. The zero-order valence-corrected chi connectivity index (χ0v) is 18.3. The van der Waals surface area contributed by atoms with Gasteiger partial charge in [0.25, 0.3) is 15.9 Å². The number of hydrogen-bond donors (Lipinski definition) is 2. The minimum absolute atomic E-state index is 0.0148. The highest BCUT2D eigenvalue weighted by atomic mass is 32.2. The predicted molar refractivity (Wildman–Crippen MR) is 111 cm³/mol. The second-order valence-corrected chi connectivity index (χ2v) is 9.33. The predicted octanol–water partition coefficient (Wildman–Crippen LogP) is 0.815. The second-order valence-electron chi connectivity index (χ2n) is 7.44. The molecule has 0 aliphatic carbocycles. The minimum Gasteiger partial charge on any atom is -0.354 e. The van der Waals surface area contributed by atoms with Crippen molar-refractivity contribution >= 4 is 21.8 Å². The first-order valence-corrected chi connectivity index (χ1v) is 11.4. The third-order valence-corrected chi connectivity index (χ3v) is 7.11. The van der Waals surface area contributed by atoms with Crippen molar-refractivity contribution in [3.8, 4) is 0 Å². The van der Waals surface area contributed by atoms with Gasteiger partial charge in [-0.15, -0.1) is 0 Å². The minimum atomic E-state index is -3.68. The number of carbonyl (C=O) groups excluding carboxylic acids is 2. The molecule has 2 aromatic rings. The molecular weight excluding hydrogens is 425 g/mol. The Kier molecular flexibility index (Phi) is 7.06. The van der Waals surface area contributed by atoms with Crippen LogP contribution in [0.3, 0.4) is 0 Å². The van der Waals surface area contributed by atoms with Crippen LogP contribution in [0.4, 0.5) is 4.39 Å². The molecule has 9 nitrogen and oxygen atoms in total. The van der Waals surface area contributed by atoms with Crippen LogP contribution in [-0.4, -0.2) is 60.3 Å². The number of aromatic nitrogens is 2. The fourth-order valence-corrected chi connectivity index (χ4v) is 4.88. The number of piperidine rings is 1. The molecule has 0 unspecified atom stereocenters. The normalized spacial score (nSPS) is 15.6. The second kappa shape index (κ2) is 9.56. The van der Waals surface area contributed by atoms with Crippen molar-refractivity contribution in [3.63, 3.8) is 0 Å². The van der Waals surface area contributed by atoms with Gasteiger partial charge < -0.3 is 15.2 Å². The third kappa shape index (κ3) is 5.28. The molecule has 0 saturated carbocycles. The van der Waals surface area contributed by atoms with Gasteiger partial charge in [0.05, 0.1) is 5.56 Å². The van der Waals surface area contributed by atoms with E-state index in [0.29, 0.717) is 18.7 Å². The largest absolute Gasteiger partial charge is 0.354 e. The van der Waals surface area contributed by atoms with Crippen LogP contribution in [0.5, 0.6) is 0 Å². The summed E-state index contributed by atoms with van der Waals surface area (Å²) in [6, 6.07) is 5.66. The van der Waals surface area contributed by atoms with Crippen molar-refractivity contribution in [3.05, 3.63) is 47.7 Å². The molecule has 1 aliphatic heterocycles. The lowest BCUT2D eigenvalue weighted by molar-refractivity contribution is -0.126. The van der Waals surface area contributed by atoms with Crippen LogP contribution in [0, 0.1) is 18.7 Å². The molecule has 2 N–H and O–H groups in total. The Hall–Kier alpha value is -2.79. The van der Waals surface area contributed by atoms with Gasteiger partial charge in [-0.25, -0.2) is 17.8 Å². The van der Waals surface area contributed by atoms with Crippen molar-refractivity contribution in [2.75, 3.05) is 26.2 Å². The van der Waals surface area contributed by atoms with E-state index in [1.54, 1.807) is 24.6 Å². The van der Waals surface area contributed by atoms with Crippen LogP contribution in [0.2, 0.25) is 0 Å². The molecule has 2 amide bonds. The molecule has 1 fully saturated rings. The van der Waals surface area contributed by atoms with E-state index in [1.165, 1.54) is 28.7 Å². The summed E-state index contributed by atoms with van der Waals surface area (Å²) in [6.07, 6.45) is 2.29. The molecule has 0 bridgehead atoms. The van der Waals surface area contributed by atoms with Gasteiger partial charge in [-0.3, -0.25) is 9.59 Å². The molecule has 1 aromatic carbocycles. The number of rotatable bonds is 7. The van der Waals surface area contributed by atoms with Crippen LogP contribution in [-0.2, 0) is 21.9 Å². The molecule has 0 atom stereocenters. The molecule has 0 spiro atoms. The van der Waals surface area contributed by atoms with E-state index in [4.69, 9.17) is 0 Å². The summed E-state index contributed by atoms with van der Waals surface area (Å²) in [6.45, 7) is 2.56. The number of benzene rings is 1. The topological polar surface area (TPSA) is 113 Å². The molecule has 3 rings (SSSR count). The maximum absolute atomic E-state index is 13.6. The van der Waals surface area contributed by atoms with E-state index in [9.17, 15) is 22.4 Å². The first-order valence-electron chi connectivity index (χ1n) is 10.0. The maximum Gasteiger partial charge on any atom is 0.262 e. The summed E-state index contributed by atoms with van der Waals surface area (Å²) in [5.41, 5.74) is -0.0505. The molecule has 11 heteroatoms. The fraction of sp³-hybridized carbons (Fsp3) is 0.450. The smallest absolute Gasteiger partial charge is 0.262 e. The molecule has 2 heterocycles. The van der Waals surface area contributed by atoms with Crippen LogP contribution >= 0.6 is 0 Å². The van der Waals surface area contributed by atoms with Crippen molar-refractivity contribution in [1.29, 1.82) is 0 Å². The summed E-state index contributed by atoms with van der Waals surface area (Å²) in [5.74, 6) is -1.04. The van der Waals surface area contributed by atoms with Gasteiger partial charge in [0.1, 0.15) is 11.6 Å². The SMILES string of the molecule is Cc1nc(S(=O)(=O)N2CCC(C(=O)NCCNC(=O)c3ccccc3F)CC2)cn1C. The highest BCUT2D eigenvalue weighted by Crippen LogP contribution is 2.23. The Balaban J connectivity index is 1.43. The summed E-state index contributed by atoms with van der Waals surface area (Å²) >= 11 is 0.